The van der Waals surface area contributed by atoms with Gasteiger partial charge in [-0.3, -0.25) is 9.89 Å². The standard InChI is InChI=1S/C21H21N3O6/c1-13(12-28-2)29-17-9-15(20(25)23-19-7-8-22-24-19)10-18(11-17)30-16-5-3-14(4-6-16)21(26)27/h3-11,13H,12H2,1-2H3,(H,26,27)(H2,22,23,24,25). The number of hydrogen-bond acceptors (Lipinski definition) is 6. The van der Waals surface area contributed by atoms with E-state index in [1.165, 1.54) is 24.3 Å². The van der Waals surface area contributed by atoms with Crippen LogP contribution >= 0.6 is 0 Å². The Kier molecular flexibility index (Phi) is 6.66. The molecule has 1 amide bonds. The predicted octanol–water partition coefficient (Wildman–Crippen LogP) is 3.57. The molecule has 0 aliphatic heterocycles. The van der Waals surface area contributed by atoms with Gasteiger partial charge < -0.3 is 24.6 Å². The number of aromatic carboxylic acids is 1. The first-order valence-electron chi connectivity index (χ1n) is 9.07. The zero-order valence-corrected chi connectivity index (χ0v) is 16.4. The van der Waals surface area contributed by atoms with Crippen molar-refractivity contribution in [2.24, 2.45) is 0 Å². The van der Waals surface area contributed by atoms with Gasteiger partial charge in [0.05, 0.1) is 12.2 Å². The summed E-state index contributed by atoms with van der Waals surface area (Å²) in [7, 11) is 1.57. The number of carboxylic acids is 1. The number of amides is 1. The highest BCUT2D eigenvalue weighted by Gasteiger charge is 2.14. The fourth-order valence-electron chi connectivity index (χ4n) is 2.65. The molecule has 1 aromatic heterocycles. The molecule has 0 bridgehead atoms. The van der Waals surface area contributed by atoms with Crippen LogP contribution in [0.4, 0.5) is 5.82 Å². The second-order valence-electron chi connectivity index (χ2n) is 6.42. The van der Waals surface area contributed by atoms with Crippen LogP contribution in [0, 0.1) is 0 Å². The first-order chi connectivity index (χ1) is 14.4. The summed E-state index contributed by atoms with van der Waals surface area (Å²) in [4.78, 5) is 23.6. The fourth-order valence-corrected chi connectivity index (χ4v) is 2.65. The maximum atomic E-state index is 12.6. The number of carbonyl (C=O) groups is 2. The van der Waals surface area contributed by atoms with Crippen LogP contribution < -0.4 is 14.8 Å². The van der Waals surface area contributed by atoms with Gasteiger partial charge in [0.15, 0.2) is 5.82 Å². The molecule has 1 heterocycles. The van der Waals surface area contributed by atoms with E-state index in [4.69, 9.17) is 19.3 Å². The first kappa shape index (κ1) is 20.9. The molecule has 2 aromatic carbocycles. The van der Waals surface area contributed by atoms with E-state index in [0.29, 0.717) is 35.2 Å². The van der Waals surface area contributed by atoms with Gasteiger partial charge in [-0.2, -0.15) is 5.10 Å². The minimum absolute atomic E-state index is 0.145. The summed E-state index contributed by atoms with van der Waals surface area (Å²) in [5.41, 5.74) is 0.448. The van der Waals surface area contributed by atoms with Gasteiger partial charge in [0.2, 0.25) is 0 Å². The number of nitrogens with zero attached hydrogens (tertiary/aromatic N) is 1. The van der Waals surface area contributed by atoms with Crippen LogP contribution in [-0.2, 0) is 4.74 Å². The molecule has 9 nitrogen and oxygen atoms in total. The number of hydrogen-bond donors (Lipinski definition) is 3. The molecule has 1 unspecified atom stereocenters. The number of aromatic nitrogens is 2. The summed E-state index contributed by atoms with van der Waals surface area (Å²) in [6.45, 7) is 2.21. The van der Waals surface area contributed by atoms with E-state index in [0.717, 1.165) is 0 Å². The van der Waals surface area contributed by atoms with E-state index in [9.17, 15) is 9.59 Å². The Morgan fingerprint density at radius 1 is 1.07 bits per heavy atom. The normalized spacial score (nSPS) is 11.5. The van der Waals surface area contributed by atoms with Gasteiger partial charge in [-0.15, -0.1) is 0 Å². The topological polar surface area (TPSA) is 123 Å². The van der Waals surface area contributed by atoms with E-state index < -0.39 is 11.9 Å². The molecule has 3 aromatic rings. The molecule has 0 aliphatic carbocycles. The Bertz CT molecular complexity index is 1000. The highest BCUT2D eigenvalue weighted by molar-refractivity contribution is 6.04. The SMILES string of the molecule is COCC(C)Oc1cc(Oc2ccc(C(=O)O)cc2)cc(C(=O)Nc2cc[nH]n2)c1. The maximum Gasteiger partial charge on any atom is 0.335 e. The number of anilines is 1. The van der Waals surface area contributed by atoms with Crippen molar-refractivity contribution in [2.75, 3.05) is 19.0 Å². The van der Waals surface area contributed by atoms with Crippen LogP contribution in [0.3, 0.4) is 0 Å². The molecule has 9 heteroatoms. The van der Waals surface area contributed by atoms with Gasteiger partial charge in [-0.25, -0.2) is 4.79 Å². The number of methoxy groups -OCH3 is 1. The third kappa shape index (κ3) is 5.58. The number of ether oxygens (including phenoxy) is 3. The first-order valence-corrected chi connectivity index (χ1v) is 9.07. The summed E-state index contributed by atoms with van der Waals surface area (Å²) in [5, 5.41) is 18.2. The van der Waals surface area contributed by atoms with Crippen LogP contribution in [-0.4, -0.2) is 47.0 Å². The molecule has 0 radical (unpaired) electrons. The third-order valence-electron chi connectivity index (χ3n) is 3.96. The van der Waals surface area contributed by atoms with E-state index in [2.05, 4.69) is 15.5 Å². The monoisotopic (exact) mass is 411 g/mol. The average molecular weight is 411 g/mol. The summed E-state index contributed by atoms with van der Waals surface area (Å²) in [5.74, 6) is 0.157. The average Bonchev–Trinajstić information content (AvgIpc) is 3.21. The van der Waals surface area contributed by atoms with Crippen molar-refractivity contribution in [3.05, 3.63) is 65.9 Å². The van der Waals surface area contributed by atoms with Crippen LogP contribution in [0.15, 0.2) is 54.7 Å². The zero-order chi connectivity index (χ0) is 21.5. The van der Waals surface area contributed by atoms with Gasteiger partial charge >= 0.3 is 5.97 Å². The van der Waals surface area contributed by atoms with Crippen molar-refractivity contribution in [3.63, 3.8) is 0 Å². The molecular weight excluding hydrogens is 390 g/mol. The second-order valence-corrected chi connectivity index (χ2v) is 6.42. The minimum atomic E-state index is -1.03. The Morgan fingerprint density at radius 2 is 1.80 bits per heavy atom. The van der Waals surface area contributed by atoms with Crippen LogP contribution in [0.2, 0.25) is 0 Å². The molecular formula is C21H21N3O6. The molecule has 0 saturated carbocycles. The number of carbonyl (C=O) groups excluding carboxylic acids is 1. The predicted molar refractivity (Wildman–Crippen MR) is 108 cm³/mol. The zero-order valence-electron chi connectivity index (χ0n) is 16.4. The van der Waals surface area contributed by atoms with Gasteiger partial charge in [0.1, 0.15) is 23.4 Å². The molecule has 1 atom stereocenters. The van der Waals surface area contributed by atoms with E-state index in [1.807, 2.05) is 6.92 Å². The lowest BCUT2D eigenvalue weighted by Gasteiger charge is -2.16. The van der Waals surface area contributed by atoms with Crippen LogP contribution in [0.25, 0.3) is 0 Å². The Labute approximate surface area is 172 Å². The van der Waals surface area contributed by atoms with Crippen molar-refractivity contribution in [3.8, 4) is 17.2 Å². The van der Waals surface area contributed by atoms with Gasteiger partial charge in [-0.1, -0.05) is 0 Å². The Morgan fingerprint density at radius 3 is 2.43 bits per heavy atom. The summed E-state index contributed by atoms with van der Waals surface area (Å²) in [6.07, 6.45) is 1.35. The summed E-state index contributed by atoms with van der Waals surface area (Å²) < 4.78 is 16.7. The van der Waals surface area contributed by atoms with Crippen molar-refractivity contribution in [2.45, 2.75) is 13.0 Å². The Hall–Kier alpha value is -3.85. The third-order valence-corrected chi connectivity index (χ3v) is 3.96. The number of H-pyrrole nitrogens is 1. The molecule has 0 saturated heterocycles. The molecule has 3 N–H and O–H groups in total. The Balaban J connectivity index is 1.86. The van der Waals surface area contributed by atoms with Crippen molar-refractivity contribution in [1.29, 1.82) is 0 Å². The number of nitrogens with one attached hydrogen (secondary N) is 2. The minimum Gasteiger partial charge on any atom is -0.488 e. The van der Waals surface area contributed by atoms with Crippen LogP contribution in [0.5, 0.6) is 17.2 Å². The van der Waals surface area contributed by atoms with Gasteiger partial charge in [-0.05, 0) is 43.3 Å². The van der Waals surface area contributed by atoms with E-state index in [-0.39, 0.29) is 11.7 Å². The number of carboxylic acid groups (broad SMARTS) is 1. The number of rotatable bonds is 9. The summed E-state index contributed by atoms with van der Waals surface area (Å²) >= 11 is 0. The molecule has 30 heavy (non-hydrogen) atoms. The molecule has 0 aliphatic rings. The van der Waals surface area contributed by atoms with Crippen molar-refractivity contribution >= 4 is 17.7 Å². The van der Waals surface area contributed by atoms with Crippen molar-refractivity contribution < 1.29 is 28.9 Å². The van der Waals surface area contributed by atoms with Gasteiger partial charge in [0.25, 0.3) is 5.91 Å². The lowest BCUT2D eigenvalue weighted by molar-refractivity contribution is 0.0696. The quantitative estimate of drug-likeness (QED) is 0.492. The molecule has 0 fully saturated rings. The van der Waals surface area contributed by atoms with Crippen molar-refractivity contribution in [1.82, 2.24) is 10.2 Å². The van der Waals surface area contributed by atoms with E-state index in [1.54, 1.807) is 37.6 Å². The fraction of sp³-hybridized carbons (Fsp3) is 0.190. The van der Waals surface area contributed by atoms with Gasteiger partial charge in [0, 0.05) is 31.0 Å². The maximum absolute atomic E-state index is 12.6. The highest BCUT2D eigenvalue weighted by Crippen LogP contribution is 2.29. The van der Waals surface area contributed by atoms with E-state index >= 15 is 0 Å². The second kappa shape index (κ2) is 9.57. The molecule has 3 rings (SSSR count). The smallest absolute Gasteiger partial charge is 0.335 e. The largest absolute Gasteiger partial charge is 0.488 e. The van der Waals surface area contributed by atoms with Crippen LogP contribution in [0.1, 0.15) is 27.6 Å². The molecule has 0 spiro atoms. The highest BCUT2D eigenvalue weighted by atomic mass is 16.5. The lowest BCUT2D eigenvalue weighted by atomic mass is 10.1. The lowest BCUT2D eigenvalue weighted by Crippen LogP contribution is -2.18. The molecule has 156 valence electrons. The number of benzene rings is 2. The number of aromatic amines is 1. The summed E-state index contributed by atoms with van der Waals surface area (Å²) in [6, 6.07) is 12.4.